The van der Waals surface area contributed by atoms with Crippen molar-refractivity contribution in [3.63, 3.8) is 0 Å². The molecule has 1 aromatic carbocycles. The zero-order valence-corrected chi connectivity index (χ0v) is 12.8. The van der Waals surface area contributed by atoms with Crippen molar-refractivity contribution in [1.29, 1.82) is 0 Å². The summed E-state index contributed by atoms with van der Waals surface area (Å²) in [5.74, 6) is 0.0244. The summed E-state index contributed by atoms with van der Waals surface area (Å²) >= 11 is 11.6. The number of rotatable bonds is 6. The Bertz CT molecular complexity index is 540. The van der Waals surface area contributed by atoms with Crippen molar-refractivity contribution in [3.8, 4) is 5.75 Å². The third-order valence-corrected chi connectivity index (χ3v) is 3.93. The minimum absolute atomic E-state index is 0.0244. The van der Waals surface area contributed by atoms with Gasteiger partial charge in [0.15, 0.2) is 5.75 Å². The first-order valence-electron chi connectivity index (χ1n) is 6.53. The largest absolute Gasteiger partial charge is 0.480 e. The van der Waals surface area contributed by atoms with E-state index in [4.69, 9.17) is 32.7 Å². The number of aliphatic hydroxyl groups excluding tert-OH is 1. The number of benzene rings is 1. The zero-order chi connectivity index (χ0) is 15.6. The quantitative estimate of drug-likeness (QED) is 0.637. The highest BCUT2D eigenvalue weighted by Crippen LogP contribution is 2.38. The molecule has 2 rings (SSSR count). The number of hydrogen-bond acceptors (Lipinski definition) is 5. The summed E-state index contributed by atoms with van der Waals surface area (Å²) in [7, 11) is 0. The van der Waals surface area contributed by atoms with Crippen LogP contribution in [0.2, 0.25) is 10.0 Å². The lowest BCUT2D eigenvalue weighted by molar-refractivity contribution is -0.386. The van der Waals surface area contributed by atoms with E-state index in [2.05, 4.69) is 0 Å². The van der Waals surface area contributed by atoms with Gasteiger partial charge in [-0.15, -0.1) is 0 Å². The average Bonchev–Trinajstić information content (AvgIpc) is 2.42. The SMILES string of the molecule is CCCOC1C(O)CC1Oc1cc(Cl)c(Cl)cc1[N+](=O)[O-]. The molecule has 0 aromatic heterocycles. The lowest BCUT2D eigenvalue weighted by Gasteiger charge is -2.40. The first-order chi connectivity index (χ1) is 9.93. The molecular weight excluding hydrogens is 321 g/mol. The maximum Gasteiger partial charge on any atom is 0.312 e. The van der Waals surface area contributed by atoms with Crippen LogP contribution in [0.5, 0.6) is 5.75 Å². The van der Waals surface area contributed by atoms with Crippen molar-refractivity contribution >= 4 is 28.9 Å². The first-order valence-corrected chi connectivity index (χ1v) is 7.29. The number of halogens is 2. The third-order valence-electron chi connectivity index (χ3n) is 3.21. The van der Waals surface area contributed by atoms with Gasteiger partial charge < -0.3 is 14.6 Å². The van der Waals surface area contributed by atoms with Gasteiger partial charge in [-0.25, -0.2) is 0 Å². The highest BCUT2D eigenvalue weighted by molar-refractivity contribution is 6.42. The Morgan fingerprint density at radius 2 is 2.10 bits per heavy atom. The fraction of sp³-hybridized carbons (Fsp3) is 0.538. The van der Waals surface area contributed by atoms with E-state index in [1.807, 2.05) is 6.92 Å². The summed E-state index contributed by atoms with van der Waals surface area (Å²) in [5.41, 5.74) is -0.264. The molecule has 0 saturated heterocycles. The smallest absolute Gasteiger partial charge is 0.312 e. The second kappa shape index (κ2) is 6.79. The van der Waals surface area contributed by atoms with Crippen LogP contribution in [-0.2, 0) is 4.74 Å². The van der Waals surface area contributed by atoms with E-state index in [0.717, 1.165) is 12.5 Å². The molecule has 116 valence electrons. The summed E-state index contributed by atoms with van der Waals surface area (Å²) < 4.78 is 11.1. The number of nitro benzene ring substituents is 1. The third kappa shape index (κ3) is 3.58. The van der Waals surface area contributed by atoms with E-state index in [0.29, 0.717) is 13.0 Å². The molecule has 1 saturated carbocycles. The molecule has 0 radical (unpaired) electrons. The monoisotopic (exact) mass is 335 g/mol. The molecule has 1 aliphatic rings. The van der Waals surface area contributed by atoms with Gasteiger partial charge in [0.2, 0.25) is 0 Å². The first kappa shape index (κ1) is 16.3. The standard InChI is InChI=1S/C13H15Cl2NO5/c1-2-3-20-13-10(17)6-12(13)21-11-5-8(15)7(14)4-9(11)16(18)19/h4-5,10,12-13,17H,2-3,6H2,1H3. The predicted molar refractivity (Wildman–Crippen MR) is 78.2 cm³/mol. The van der Waals surface area contributed by atoms with E-state index in [-0.39, 0.29) is 21.5 Å². The van der Waals surface area contributed by atoms with Crippen LogP contribution < -0.4 is 4.74 Å². The molecule has 0 bridgehead atoms. The summed E-state index contributed by atoms with van der Waals surface area (Å²) in [6, 6.07) is 2.46. The Hall–Kier alpha value is -1.08. The molecule has 8 heteroatoms. The van der Waals surface area contributed by atoms with Gasteiger partial charge in [0.25, 0.3) is 0 Å². The molecule has 3 unspecified atom stereocenters. The average molecular weight is 336 g/mol. The number of hydrogen-bond donors (Lipinski definition) is 1. The van der Waals surface area contributed by atoms with E-state index in [1.54, 1.807) is 0 Å². The zero-order valence-electron chi connectivity index (χ0n) is 11.3. The second-order valence-electron chi connectivity index (χ2n) is 4.79. The highest BCUT2D eigenvalue weighted by Gasteiger charge is 2.43. The van der Waals surface area contributed by atoms with Gasteiger partial charge in [0.05, 0.1) is 21.1 Å². The Balaban J connectivity index is 2.15. The minimum Gasteiger partial charge on any atom is -0.480 e. The summed E-state index contributed by atoms with van der Waals surface area (Å²) in [5, 5.41) is 21.0. The van der Waals surface area contributed by atoms with Gasteiger partial charge in [-0.1, -0.05) is 30.1 Å². The fourth-order valence-electron chi connectivity index (χ4n) is 2.06. The summed E-state index contributed by atoms with van der Waals surface area (Å²) in [6.45, 7) is 2.44. The van der Waals surface area contributed by atoms with Crippen LogP contribution in [0.4, 0.5) is 5.69 Å². The van der Waals surface area contributed by atoms with Crippen molar-refractivity contribution in [1.82, 2.24) is 0 Å². The van der Waals surface area contributed by atoms with Gasteiger partial charge in [0, 0.05) is 25.2 Å². The van der Waals surface area contributed by atoms with Crippen LogP contribution in [-0.4, -0.2) is 34.9 Å². The van der Waals surface area contributed by atoms with Crippen molar-refractivity contribution in [2.24, 2.45) is 0 Å². The van der Waals surface area contributed by atoms with Gasteiger partial charge in [-0.2, -0.15) is 0 Å². The predicted octanol–water partition coefficient (Wildman–Crippen LogP) is 3.21. The Kier molecular flexibility index (Phi) is 5.27. The van der Waals surface area contributed by atoms with Crippen LogP contribution in [0.3, 0.4) is 0 Å². The minimum atomic E-state index is -0.622. The molecule has 3 atom stereocenters. The molecule has 1 aliphatic carbocycles. The number of nitro groups is 1. The van der Waals surface area contributed by atoms with Gasteiger partial charge in [-0.05, 0) is 6.42 Å². The van der Waals surface area contributed by atoms with Crippen molar-refractivity contribution in [3.05, 3.63) is 32.3 Å². The van der Waals surface area contributed by atoms with Crippen LogP contribution >= 0.6 is 23.2 Å². The molecule has 0 amide bonds. The summed E-state index contributed by atoms with van der Waals surface area (Å²) in [4.78, 5) is 10.4. The van der Waals surface area contributed by atoms with Crippen LogP contribution in [0.25, 0.3) is 0 Å². The molecule has 0 heterocycles. The van der Waals surface area contributed by atoms with Gasteiger partial charge in [-0.3, -0.25) is 10.1 Å². The molecule has 21 heavy (non-hydrogen) atoms. The topological polar surface area (TPSA) is 81.8 Å². The van der Waals surface area contributed by atoms with Gasteiger partial charge >= 0.3 is 5.69 Å². The van der Waals surface area contributed by atoms with Crippen LogP contribution in [0.1, 0.15) is 19.8 Å². The van der Waals surface area contributed by atoms with Crippen molar-refractivity contribution < 1.29 is 19.5 Å². The maximum atomic E-state index is 11.0. The highest BCUT2D eigenvalue weighted by atomic mass is 35.5. The van der Waals surface area contributed by atoms with Crippen LogP contribution in [0, 0.1) is 10.1 Å². The number of nitrogens with zero attached hydrogens (tertiary/aromatic N) is 1. The number of ether oxygens (including phenoxy) is 2. The molecular formula is C13H15Cl2NO5. The molecule has 0 spiro atoms. The van der Waals surface area contributed by atoms with Crippen molar-refractivity contribution in [2.45, 2.75) is 38.1 Å². The maximum absolute atomic E-state index is 11.0. The number of aliphatic hydroxyl groups is 1. The summed E-state index contributed by atoms with van der Waals surface area (Å²) in [6.07, 6.45) is -0.390. The second-order valence-corrected chi connectivity index (χ2v) is 5.60. The normalized spacial score (nSPS) is 24.5. The van der Waals surface area contributed by atoms with Crippen molar-refractivity contribution in [2.75, 3.05) is 6.61 Å². The van der Waals surface area contributed by atoms with E-state index >= 15 is 0 Å². The molecule has 6 nitrogen and oxygen atoms in total. The molecule has 1 aromatic rings. The Morgan fingerprint density at radius 1 is 1.43 bits per heavy atom. The lowest BCUT2D eigenvalue weighted by atomic mass is 9.88. The van der Waals surface area contributed by atoms with E-state index < -0.39 is 23.2 Å². The van der Waals surface area contributed by atoms with Crippen LogP contribution in [0.15, 0.2) is 12.1 Å². The Morgan fingerprint density at radius 3 is 2.67 bits per heavy atom. The van der Waals surface area contributed by atoms with Gasteiger partial charge in [0.1, 0.15) is 12.2 Å². The van der Waals surface area contributed by atoms with E-state index in [9.17, 15) is 15.2 Å². The Labute approximate surface area is 131 Å². The fourth-order valence-corrected chi connectivity index (χ4v) is 2.38. The molecule has 1 N–H and O–H groups in total. The lowest BCUT2D eigenvalue weighted by Crippen LogP contribution is -2.55. The molecule has 1 fully saturated rings. The molecule has 0 aliphatic heterocycles. The van der Waals surface area contributed by atoms with E-state index in [1.165, 1.54) is 6.07 Å².